The lowest BCUT2D eigenvalue weighted by Crippen LogP contribution is -2.59. The molecule has 1 fully saturated rings. The van der Waals surface area contributed by atoms with E-state index in [2.05, 4.69) is 41.9 Å². The smallest absolute Gasteiger partial charge is 0.303 e. The highest BCUT2D eigenvalue weighted by atomic mass is 79.9. The molecular weight excluding hydrogens is 636 g/mol. The van der Waals surface area contributed by atoms with Crippen molar-refractivity contribution in [3.05, 3.63) is 62.6 Å². The van der Waals surface area contributed by atoms with Crippen LogP contribution in [-0.2, 0) is 49.3 Å². The molecule has 0 radical (unpaired) electrons. The van der Waals surface area contributed by atoms with Gasteiger partial charge in [0.1, 0.15) is 24.6 Å². The largest absolute Gasteiger partial charge is 0.496 e. The number of benzene rings is 2. The van der Waals surface area contributed by atoms with Crippen molar-refractivity contribution < 1.29 is 47.6 Å². The second-order valence-corrected chi connectivity index (χ2v) is 11.9. The van der Waals surface area contributed by atoms with Crippen molar-refractivity contribution in [2.75, 3.05) is 13.7 Å². The number of hydrogen-bond donors (Lipinski definition) is 0. The molecule has 0 saturated carbocycles. The summed E-state index contributed by atoms with van der Waals surface area (Å²) in [6.45, 7) is 10.8. The van der Waals surface area contributed by atoms with Crippen molar-refractivity contribution in [1.82, 2.24) is 0 Å². The summed E-state index contributed by atoms with van der Waals surface area (Å²) in [5, 5.41) is 0. The van der Waals surface area contributed by atoms with E-state index in [1.54, 1.807) is 0 Å². The summed E-state index contributed by atoms with van der Waals surface area (Å²) in [6, 6.07) is 10.0. The first kappa shape index (κ1) is 35.0. The molecule has 1 saturated heterocycles. The van der Waals surface area contributed by atoms with E-state index in [1.807, 2.05) is 25.1 Å². The minimum Gasteiger partial charge on any atom is -0.496 e. The van der Waals surface area contributed by atoms with Gasteiger partial charge in [0.25, 0.3) is 0 Å². The summed E-state index contributed by atoms with van der Waals surface area (Å²) in [5.41, 5.74) is 4.85. The molecule has 0 amide bonds. The van der Waals surface area contributed by atoms with Gasteiger partial charge in [-0.25, -0.2) is 0 Å². The number of esters is 4. The van der Waals surface area contributed by atoms with E-state index in [9.17, 15) is 19.2 Å². The zero-order chi connectivity index (χ0) is 32.7. The topological polar surface area (TPSA) is 124 Å². The molecule has 2 unspecified atom stereocenters. The van der Waals surface area contributed by atoms with Crippen LogP contribution in [0.25, 0.3) is 0 Å². The maximum absolute atomic E-state index is 12.4. The minimum atomic E-state index is -1.28. The normalized spacial score (nSPS) is 22.0. The standard InChI is InChI=1S/C33H41BrO10/c1-9-17(2)26-15-28(39-8)27(14-24(26)13-23-10-11-25(34)12-18(23)3)30-32(42-21(6)37)33(43-22(7)38)31(41-20(5)36)29(44-30)16-40-19(4)35/h10-12,14-15,17,29-33H,9,13,16H2,1-8H3/t17?,29?,30-,31+,32-,33-/m0/s1. The van der Waals surface area contributed by atoms with Crippen LogP contribution in [0.3, 0.4) is 0 Å². The Morgan fingerprint density at radius 3 is 2.02 bits per heavy atom. The Morgan fingerprint density at radius 1 is 0.864 bits per heavy atom. The van der Waals surface area contributed by atoms with Gasteiger partial charge in [0.2, 0.25) is 0 Å². The van der Waals surface area contributed by atoms with E-state index >= 15 is 0 Å². The van der Waals surface area contributed by atoms with Crippen molar-refractivity contribution in [2.24, 2.45) is 0 Å². The first-order valence-corrected chi connectivity index (χ1v) is 15.3. The molecule has 0 N–H and O–H groups in total. The SMILES string of the molecule is CCC(C)c1cc(OC)c([C@@H]2OC(COC(C)=O)[C@@H](OC(C)=O)[C@H](OC(C)=O)[C@H]2OC(C)=O)cc1Cc1ccc(Br)cc1C. The first-order chi connectivity index (χ1) is 20.7. The van der Waals surface area contributed by atoms with Crippen LogP contribution in [-0.4, -0.2) is 62.0 Å². The van der Waals surface area contributed by atoms with Gasteiger partial charge in [0.15, 0.2) is 18.3 Å². The molecule has 11 heteroatoms. The lowest BCUT2D eigenvalue weighted by Gasteiger charge is -2.45. The van der Waals surface area contributed by atoms with Crippen LogP contribution in [0.5, 0.6) is 5.75 Å². The predicted molar refractivity (Wildman–Crippen MR) is 164 cm³/mol. The average molecular weight is 678 g/mol. The fourth-order valence-electron chi connectivity index (χ4n) is 5.43. The van der Waals surface area contributed by atoms with Crippen LogP contribution in [0.4, 0.5) is 0 Å². The lowest BCUT2D eigenvalue weighted by atomic mass is 9.84. The van der Waals surface area contributed by atoms with Gasteiger partial charge >= 0.3 is 23.9 Å². The zero-order valence-corrected chi connectivity index (χ0v) is 28.0. The summed E-state index contributed by atoms with van der Waals surface area (Å²) in [6.07, 6.45) is -4.40. The molecule has 2 aromatic carbocycles. The molecule has 0 aliphatic carbocycles. The third kappa shape index (κ3) is 8.81. The van der Waals surface area contributed by atoms with Crippen LogP contribution in [0.1, 0.15) is 87.8 Å². The van der Waals surface area contributed by atoms with Gasteiger partial charge in [-0.15, -0.1) is 0 Å². The third-order valence-electron chi connectivity index (χ3n) is 7.62. The van der Waals surface area contributed by atoms with Crippen molar-refractivity contribution in [3.8, 4) is 5.75 Å². The van der Waals surface area contributed by atoms with Gasteiger partial charge in [-0.2, -0.15) is 0 Å². The Hall–Kier alpha value is -3.44. The van der Waals surface area contributed by atoms with Crippen LogP contribution in [0, 0.1) is 6.92 Å². The van der Waals surface area contributed by atoms with Crippen LogP contribution < -0.4 is 4.74 Å². The van der Waals surface area contributed by atoms with Gasteiger partial charge in [0, 0.05) is 37.7 Å². The van der Waals surface area contributed by atoms with Crippen molar-refractivity contribution in [2.45, 2.75) is 97.7 Å². The van der Waals surface area contributed by atoms with Gasteiger partial charge in [-0.1, -0.05) is 35.8 Å². The van der Waals surface area contributed by atoms with Gasteiger partial charge < -0.3 is 28.4 Å². The number of carbonyl (C=O) groups excluding carboxylic acids is 4. The van der Waals surface area contributed by atoms with Gasteiger partial charge in [-0.3, -0.25) is 19.2 Å². The molecule has 10 nitrogen and oxygen atoms in total. The van der Waals surface area contributed by atoms with Crippen LogP contribution in [0.2, 0.25) is 0 Å². The summed E-state index contributed by atoms with van der Waals surface area (Å²) < 4.78 is 35.5. The second kappa shape index (κ2) is 15.5. The van der Waals surface area contributed by atoms with Crippen LogP contribution in [0.15, 0.2) is 34.8 Å². The average Bonchev–Trinajstić information content (AvgIpc) is 2.94. The molecule has 2 aromatic rings. The van der Waals surface area contributed by atoms with E-state index in [-0.39, 0.29) is 12.5 Å². The summed E-state index contributed by atoms with van der Waals surface area (Å²) >= 11 is 3.54. The molecule has 44 heavy (non-hydrogen) atoms. The van der Waals surface area contributed by atoms with E-state index < -0.39 is 54.4 Å². The minimum absolute atomic E-state index is 0.194. The summed E-state index contributed by atoms with van der Waals surface area (Å²) in [5.74, 6) is -1.97. The first-order valence-electron chi connectivity index (χ1n) is 14.5. The molecule has 240 valence electrons. The van der Waals surface area contributed by atoms with Crippen molar-refractivity contribution in [3.63, 3.8) is 0 Å². The molecule has 1 heterocycles. The zero-order valence-electron chi connectivity index (χ0n) is 26.4. The molecule has 3 rings (SSSR count). The number of aryl methyl sites for hydroxylation is 1. The Bertz CT molecular complexity index is 1370. The fourth-order valence-corrected chi connectivity index (χ4v) is 5.91. The van der Waals surface area contributed by atoms with E-state index in [1.165, 1.54) is 34.8 Å². The Balaban J connectivity index is 2.26. The lowest BCUT2D eigenvalue weighted by molar-refractivity contribution is -0.254. The number of hydrogen-bond acceptors (Lipinski definition) is 10. The van der Waals surface area contributed by atoms with Crippen molar-refractivity contribution >= 4 is 39.8 Å². The van der Waals surface area contributed by atoms with Crippen LogP contribution >= 0.6 is 15.9 Å². The summed E-state index contributed by atoms with van der Waals surface area (Å²) in [7, 11) is 1.53. The molecule has 1 aliphatic rings. The monoisotopic (exact) mass is 676 g/mol. The number of rotatable bonds is 11. The second-order valence-electron chi connectivity index (χ2n) is 11.0. The molecule has 1 aliphatic heterocycles. The number of methoxy groups -OCH3 is 1. The highest BCUT2D eigenvalue weighted by molar-refractivity contribution is 9.10. The number of ether oxygens (including phenoxy) is 6. The predicted octanol–water partition coefficient (Wildman–Crippen LogP) is 5.67. The Labute approximate surface area is 266 Å². The third-order valence-corrected chi connectivity index (χ3v) is 8.11. The van der Waals surface area contributed by atoms with Crippen molar-refractivity contribution in [1.29, 1.82) is 0 Å². The maximum Gasteiger partial charge on any atom is 0.303 e. The van der Waals surface area contributed by atoms with E-state index in [4.69, 9.17) is 28.4 Å². The number of halogens is 1. The van der Waals surface area contributed by atoms with Gasteiger partial charge in [-0.05, 0) is 72.2 Å². The summed E-state index contributed by atoms with van der Waals surface area (Å²) in [4.78, 5) is 48.7. The maximum atomic E-state index is 12.4. The molecule has 6 atom stereocenters. The fraction of sp³-hybridized carbons (Fsp3) is 0.515. The Kier molecular flexibility index (Phi) is 12.4. The molecule has 0 spiro atoms. The number of carbonyl (C=O) groups is 4. The highest BCUT2D eigenvalue weighted by Crippen LogP contribution is 2.43. The molecular formula is C33H41BrO10. The van der Waals surface area contributed by atoms with Gasteiger partial charge in [0.05, 0.1) is 7.11 Å². The van der Waals surface area contributed by atoms with E-state index in [0.29, 0.717) is 17.7 Å². The quantitative estimate of drug-likeness (QED) is 0.217. The molecule has 0 aromatic heterocycles. The highest BCUT2D eigenvalue weighted by Gasteiger charge is 2.53. The Morgan fingerprint density at radius 2 is 1.48 bits per heavy atom. The molecule has 0 bridgehead atoms. The van der Waals surface area contributed by atoms with E-state index in [0.717, 1.165) is 33.1 Å².